The smallest absolute Gasteiger partial charge is 0.299 e. The standard InChI is InChI=1S/C47H45N2O/c1-28(2)38-26-36(35-23-21-34(22-24-35)33-16-10-9-11-17-33)27-39(29(3)4)45(38)49-44-30(5)15-14-19-40(44)48(8)47(49)43-32(7)25-31(6)42-37-18-12-13-20-41(37)50-46(42)43/h9-29H,1-8H3/q+1/i5D3,6D3. The van der Waals surface area contributed by atoms with Crippen LogP contribution in [0, 0.1) is 20.6 Å². The molecule has 0 spiro atoms. The van der Waals surface area contributed by atoms with Gasteiger partial charge in [-0.05, 0) is 90.1 Å². The zero-order valence-electron chi connectivity index (χ0n) is 35.4. The predicted molar refractivity (Wildman–Crippen MR) is 210 cm³/mol. The van der Waals surface area contributed by atoms with Crippen molar-refractivity contribution in [3.8, 4) is 39.3 Å². The van der Waals surface area contributed by atoms with E-state index in [-0.39, 0.29) is 23.0 Å². The molecule has 0 saturated carbocycles. The number of rotatable bonds is 6. The van der Waals surface area contributed by atoms with Crippen molar-refractivity contribution < 1.29 is 17.2 Å². The van der Waals surface area contributed by atoms with Gasteiger partial charge in [-0.3, -0.25) is 0 Å². The van der Waals surface area contributed by atoms with Crippen molar-refractivity contribution in [1.29, 1.82) is 0 Å². The molecular formula is C47H45N2O+. The molecule has 0 amide bonds. The Kier molecular flexibility index (Phi) is 6.22. The van der Waals surface area contributed by atoms with E-state index >= 15 is 0 Å². The van der Waals surface area contributed by atoms with Crippen LogP contribution in [0.5, 0.6) is 0 Å². The van der Waals surface area contributed by atoms with Crippen molar-refractivity contribution in [3.63, 3.8) is 0 Å². The summed E-state index contributed by atoms with van der Waals surface area (Å²) in [5.74, 6) is 0.803. The first-order valence-corrected chi connectivity index (χ1v) is 17.4. The predicted octanol–water partition coefficient (Wildman–Crippen LogP) is 12.5. The Morgan fingerprint density at radius 1 is 0.640 bits per heavy atom. The van der Waals surface area contributed by atoms with E-state index in [2.05, 4.69) is 80.8 Å². The number of hydrogen-bond donors (Lipinski definition) is 0. The summed E-state index contributed by atoms with van der Waals surface area (Å²) in [6.07, 6.45) is 0. The minimum absolute atomic E-state index is 0.0480. The molecule has 0 aliphatic heterocycles. The van der Waals surface area contributed by atoms with Crippen LogP contribution in [0.15, 0.2) is 120 Å². The number of benzene rings is 6. The lowest BCUT2D eigenvalue weighted by atomic mass is 9.87. The van der Waals surface area contributed by atoms with Crippen LogP contribution in [0.1, 0.15) is 75.6 Å². The van der Waals surface area contributed by atoms with E-state index in [0.717, 1.165) is 50.0 Å². The van der Waals surface area contributed by atoms with Crippen LogP contribution < -0.4 is 4.57 Å². The van der Waals surface area contributed by atoms with E-state index in [1.54, 1.807) is 18.2 Å². The van der Waals surface area contributed by atoms with Crippen LogP contribution in [0.3, 0.4) is 0 Å². The van der Waals surface area contributed by atoms with Crippen LogP contribution in [0.2, 0.25) is 0 Å². The van der Waals surface area contributed by atoms with Gasteiger partial charge in [0.25, 0.3) is 5.82 Å². The summed E-state index contributed by atoms with van der Waals surface area (Å²) in [4.78, 5) is 0. The molecule has 2 heterocycles. The molecule has 8 rings (SSSR count). The normalized spacial score (nSPS) is 14.2. The second-order valence-corrected chi connectivity index (χ2v) is 14.1. The Bertz CT molecular complexity index is 2760. The number of fused-ring (bicyclic) bond motifs is 4. The molecule has 2 aromatic heterocycles. The molecule has 0 aliphatic rings. The molecule has 3 nitrogen and oxygen atoms in total. The number of imidazole rings is 1. The van der Waals surface area contributed by atoms with Crippen LogP contribution >= 0.6 is 0 Å². The fourth-order valence-electron chi connectivity index (χ4n) is 7.68. The highest BCUT2D eigenvalue weighted by Crippen LogP contribution is 2.44. The fraction of sp³-hybridized carbons (Fsp3) is 0.213. The molecule has 0 saturated heterocycles. The summed E-state index contributed by atoms with van der Waals surface area (Å²) in [7, 11) is 1.95. The summed E-state index contributed by atoms with van der Waals surface area (Å²) < 4.78 is 62.9. The Morgan fingerprint density at radius 2 is 1.26 bits per heavy atom. The Balaban J connectivity index is 1.51. The van der Waals surface area contributed by atoms with Crippen molar-refractivity contribution in [2.24, 2.45) is 7.05 Å². The number of aryl methyl sites for hydroxylation is 4. The van der Waals surface area contributed by atoms with Gasteiger partial charge < -0.3 is 4.42 Å². The molecule has 6 aromatic carbocycles. The SMILES string of the molecule is [2H]C([2H])([2H])c1cc(C)c(-c2n(-c3c(C(C)C)cc(-c4ccc(-c5ccccc5)cc4)cc3C(C)C)c3c(C([2H])([2H])[2H])cccc3[n+]2C)c2oc3ccccc3c12. The lowest BCUT2D eigenvalue weighted by molar-refractivity contribution is -0.633. The number of para-hydroxylation sites is 2. The summed E-state index contributed by atoms with van der Waals surface area (Å²) in [5.41, 5.74) is 11.8. The van der Waals surface area contributed by atoms with E-state index in [9.17, 15) is 0 Å². The Hall–Kier alpha value is -5.41. The zero-order valence-corrected chi connectivity index (χ0v) is 29.4. The molecule has 0 radical (unpaired) electrons. The number of furan rings is 1. The van der Waals surface area contributed by atoms with Gasteiger partial charge in [0.05, 0.1) is 7.05 Å². The third kappa shape index (κ3) is 4.98. The molecule has 0 bridgehead atoms. The molecule has 0 unspecified atom stereocenters. The van der Waals surface area contributed by atoms with Gasteiger partial charge in [-0.25, -0.2) is 4.57 Å². The summed E-state index contributed by atoms with van der Waals surface area (Å²) in [6, 6.07) is 38.2. The maximum absolute atomic E-state index is 8.77. The molecule has 0 aliphatic carbocycles. The first-order valence-electron chi connectivity index (χ1n) is 20.4. The van der Waals surface area contributed by atoms with Gasteiger partial charge in [0.15, 0.2) is 16.6 Å². The van der Waals surface area contributed by atoms with Gasteiger partial charge >= 0.3 is 0 Å². The number of hydrogen-bond acceptors (Lipinski definition) is 1. The molecule has 0 N–H and O–H groups in total. The van der Waals surface area contributed by atoms with Crippen LogP contribution in [0.25, 0.3) is 72.3 Å². The molecule has 8 aromatic rings. The first kappa shape index (κ1) is 25.5. The van der Waals surface area contributed by atoms with Crippen molar-refractivity contribution in [2.75, 3.05) is 0 Å². The number of aromatic nitrogens is 2. The monoisotopic (exact) mass is 659 g/mol. The topological polar surface area (TPSA) is 21.9 Å². The molecule has 50 heavy (non-hydrogen) atoms. The van der Waals surface area contributed by atoms with Gasteiger partial charge in [-0.2, -0.15) is 4.57 Å². The highest BCUT2D eigenvalue weighted by molar-refractivity contribution is 6.11. The largest absolute Gasteiger partial charge is 0.455 e. The van der Waals surface area contributed by atoms with E-state index in [1.165, 1.54) is 0 Å². The molecule has 0 atom stereocenters. The van der Waals surface area contributed by atoms with Crippen LogP contribution in [-0.2, 0) is 7.05 Å². The van der Waals surface area contributed by atoms with E-state index in [1.807, 2.05) is 67.1 Å². The number of nitrogens with zero attached hydrogens (tertiary/aromatic N) is 2. The highest BCUT2D eigenvalue weighted by Gasteiger charge is 2.35. The second-order valence-electron chi connectivity index (χ2n) is 14.1. The van der Waals surface area contributed by atoms with Crippen molar-refractivity contribution in [2.45, 2.75) is 60.2 Å². The third-order valence-electron chi connectivity index (χ3n) is 10.2. The lowest BCUT2D eigenvalue weighted by Crippen LogP contribution is -2.30. The summed E-state index contributed by atoms with van der Waals surface area (Å²) in [6.45, 7) is 5.79. The zero-order chi connectivity index (χ0) is 39.8. The minimum atomic E-state index is -2.43. The van der Waals surface area contributed by atoms with Gasteiger partial charge in [0, 0.05) is 35.7 Å². The first-order chi connectivity index (χ1) is 26.6. The maximum atomic E-state index is 8.77. The molecular weight excluding hydrogens is 609 g/mol. The van der Waals surface area contributed by atoms with E-state index in [0.29, 0.717) is 39.0 Å². The van der Waals surface area contributed by atoms with Gasteiger partial charge in [-0.15, -0.1) is 0 Å². The van der Waals surface area contributed by atoms with Gasteiger partial charge in [0.2, 0.25) is 0 Å². The van der Waals surface area contributed by atoms with Crippen molar-refractivity contribution >= 4 is 33.0 Å². The fourth-order valence-corrected chi connectivity index (χ4v) is 7.68. The molecule has 3 heteroatoms. The van der Waals surface area contributed by atoms with Gasteiger partial charge in [-0.1, -0.05) is 119 Å². The van der Waals surface area contributed by atoms with Crippen molar-refractivity contribution in [1.82, 2.24) is 4.57 Å². The Labute approximate surface area is 303 Å². The van der Waals surface area contributed by atoms with Gasteiger partial charge in [0.1, 0.15) is 16.8 Å². The maximum Gasteiger partial charge on any atom is 0.299 e. The quantitative estimate of drug-likeness (QED) is 0.163. The Morgan fingerprint density at radius 3 is 1.92 bits per heavy atom. The average molecular weight is 660 g/mol. The van der Waals surface area contributed by atoms with E-state index < -0.39 is 13.7 Å². The summed E-state index contributed by atoms with van der Waals surface area (Å²) in [5, 5.41) is 1.26. The lowest BCUT2D eigenvalue weighted by Gasteiger charge is -2.21. The highest BCUT2D eigenvalue weighted by atomic mass is 16.3. The third-order valence-corrected chi connectivity index (χ3v) is 10.2. The summed E-state index contributed by atoms with van der Waals surface area (Å²) >= 11 is 0. The van der Waals surface area contributed by atoms with Crippen LogP contribution in [0.4, 0.5) is 0 Å². The second kappa shape index (κ2) is 12.2. The van der Waals surface area contributed by atoms with Crippen LogP contribution in [-0.4, -0.2) is 4.57 Å². The minimum Gasteiger partial charge on any atom is -0.455 e. The average Bonchev–Trinajstić information content (AvgIpc) is 3.68. The van der Waals surface area contributed by atoms with Crippen molar-refractivity contribution in [3.05, 3.63) is 143 Å². The molecule has 248 valence electrons. The van der Waals surface area contributed by atoms with E-state index in [4.69, 9.17) is 12.6 Å². The molecule has 0 fully saturated rings.